The molecule has 1 fully saturated rings. The minimum Gasteiger partial charge on any atom is -0.0710 e. The van der Waals surface area contributed by atoms with E-state index < -0.39 is 0 Å². The van der Waals surface area contributed by atoms with Crippen LogP contribution in [0.25, 0.3) is 0 Å². The number of unbranched alkanes of at least 4 members (excludes halogenated alkanes) is 1. The summed E-state index contributed by atoms with van der Waals surface area (Å²) in [5, 5.41) is 0. The zero-order valence-electron chi connectivity index (χ0n) is 11.0. The Morgan fingerprint density at radius 1 is 1.06 bits per heavy atom. The molecule has 0 saturated heterocycles. The summed E-state index contributed by atoms with van der Waals surface area (Å²) in [6.07, 6.45) is 10.7. The van der Waals surface area contributed by atoms with Crippen molar-refractivity contribution < 1.29 is 0 Å². The lowest BCUT2D eigenvalue weighted by Gasteiger charge is -2.22. The molecule has 17 heavy (non-hydrogen) atoms. The standard InChI is InChI=1S/C17H24/c1-2-3-10-17(16-11-7-12-16)14-13-15-8-5-4-6-9-15/h4-6,8-9H,2-3,7,10-14H2,1H3. The van der Waals surface area contributed by atoms with Crippen LogP contribution in [0, 0.1) is 0 Å². The molecule has 0 spiro atoms. The summed E-state index contributed by atoms with van der Waals surface area (Å²) in [7, 11) is 0. The molecule has 1 aromatic carbocycles. The summed E-state index contributed by atoms with van der Waals surface area (Å²) >= 11 is 0. The van der Waals surface area contributed by atoms with Gasteiger partial charge in [0.2, 0.25) is 0 Å². The molecule has 1 aromatic rings. The first-order valence-corrected chi connectivity index (χ1v) is 7.14. The highest BCUT2D eigenvalue weighted by atomic mass is 14.2. The molecule has 0 bridgehead atoms. The lowest BCUT2D eigenvalue weighted by Crippen LogP contribution is -2.03. The molecule has 0 amide bonds. The van der Waals surface area contributed by atoms with E-state index in [1.165, 1.54) is 56.9 Å². The predicted octanol–water partition coefficient (Wildman–Crippen LogP) is 5.29. The van der Waals surface area contributed by atoms with Crippen molar-refractivity contribution in [1.29, 1.82) is 0 Å². The first-order chi connectivity index (χ1) is 8.40. The minimum absolute atomic E-state index is 1.23. The summed E-state index contributed by atoms with van der Waals surface area (Å²) in [5.74, 6) is 0. The molecule has 0 N–H and O–H groups in total. The van der Waals surface area contributed by atoms with Crippen LogP contribution in [0.15, 0.2) is 41.5 Å². The Hall–Kier alpha value is -1.04. The van der Waals surface area contributed by atoms with Gasteiger partial charge in [0.05, 0.1) is 0 Å². The third-order valence-electron chi connectivity index (χ3n) is 3.85. The molecule has 0 heterocycles. The predicted molar refractivity (Wildman–Crippen MR) is 75.2 cm³/mol. The molecular formula is C17H24. The van der Waals surface area contributed by atoms with Crippen LogP contribution in [-0.4, -0.2) is 0 Å². The second-order valence-corrected chi connectivity index (χ2v) is 5.15. The van der Waals surface area contributed by atoms with Gasteiger partial charge in [0, 0.05) is 0 Å². The Labute approximate surface area is 106 Å². The van der Waals surface area contributed by atoms with Gasteiger partial charge in [-0.25, -0.2) is 0 Å². The monoisotopic (exact) mass is 228 g/mol. The van der Waals surface area contributed by atoms with Gasteiger partial charge >= 0.3 is 0 Å². The van der Waals surface area contributed by atoms with Gasteiger partial charge in [-0.1, -0.05) is 54.8 Å². The molecule has 0 aliphatic heterocycles. The van der Waals surface area contributed by atoms with Crippen LogP contribution in [0.1, 0.15) is 57.4 Å². The molecule has 1 aliphatic carbocycles. The molecule has 0 unspecified atom stereocenters. The molecule has 92 valence electrons. The molecule has 0 nitrogen and oxygen atoms in total. The fraction of sp³-hybridized carbons (Fsp3) is 0.529. The fourth-order valence-electron chi connectivity index (χ4n) is 2.52. The van der Waals surface area contributed by atoms with Crippen LogP contribution in [0.5, 0.6) is 0 Å². The highest BCUT2D eigenvalue weighted by Gasteiger charge is 2.13. The number of allylic oxidation sites excluding steroid dienone is 2. The second-order valence-electron chi connectivity index (χ2n) is 5.15. The molecule has 0 aromatic heterocycles. The fourth-order valence-corrected chi connectivity index (χ4v) is 2.52. The number of benzene rings is 1. The van der Waals surface area contributed by atoms with Crippen molar-refractivity contribution in [3.8, 4) is 0 Å². The molecule has 1 saturated carbocycles. The zero-order valence-corrected chi connectivity index (χ0v) is 11.0. The van der Waals surface area contributed by atoms with Crippen LogP contribution >= 0.6 is 0 Å². The van der Waals surface area contributed by atoms with Gasteiger partial charge in [-0.15, -0.1) is 0 Å². The van der Waals surface area contributed by atoms with Crippen molar-refractivity contribution >= 4 is 0 Å². The number of aryl methyl sites for hydroxylation is 1. The Balaban J connectivity index is 1.90. The van der Waals surface area contributed by atoms with Crippen molar-refractivity contribution in [3.63, 3.8) is 0 Å². The second kappa shape index (κ2) is 6.64. The first kappa shape index (κ1) is 12.4. The van der Waals surface area contributed by atoms with Gasteiger partial charge in [0.1, 0.15) is 0 Å². The molecular weight excluding hydrogens is 204 g/mol. The third kappa shape index (κ3) is 3.73. The largest absolute Gasteiger partial charge is 0.0710 e. The minimum atomic E-state index is 1.23. The zero-order chi connectivity index (χ0) is 11.9. The maximum atomic E-state index is 2.29. The highest BCUT2D eigenvalue weighted by Crippen LogP contribution is 2.33. The van der Waals surface area contributed by atoms with Gasteiger partial charge in [0.25, 0.3) is 0 Å². The van der Waals surface area contributed by atoms with Gasteiger partial charge in [-0.2, -0.15) is 0 Å². The van der Waals surface area contributed by atoms with E-state index in [9.17, 15) is 0 Å². The van der Waals surface area contributed by atoms with Crippen LogP contribution in [0.4, 0.5) is 0 Å². The quantitative estimate of drug-likeness (QED) is 0.580. The van der Waals surface area contributed by atoms with Crippen LogP contribution in [0.3, 0.4) is 0 Å². The lowest BCUT2D eigenvalue weighted by atomic mass is 9.84. The third-order valence-corrected chi connectivity index (χ3v) is 3.85. The molecule has 0 heteroatoms. The Morgan fingerprint density at radius 2 is 1.82 bits per heavy atom. The number of hydrogen-bond donors (Lipinski definition) is 0. The first-order valence-electron chi connectivity index (χ1n) is 7.14. The van der Waals surface area contributed by atoms with Crippen molar-refractivity contribution in [2.45, 2.75) is 58.3 Å². The van der Waals surface area contributed by atoms with Crippen LogP contribution in [-0.2, 0) is 6.42 Å². The van der Waals surface area contributed by atoms with E-state index in [1.54, 1.807) is 11.1 Å². The van der Waals surface area contributed by atoms with Crippen LogP contribution in [0.2, 0.25) is 0 Å². The summed E-state index contributed by atoms with van der Waals surface area (Å²) in [6, 6.07) is 10.9. The topological polar surface area (TPSA) is 0 Å². The molecule has 0 radical (unpaired) electrons. The number of hydrogen-bond acceptors (Lipinski definition) is 0. The summed E-state index contributed by atoms with van der Waals surface area (Å²) < 4.78 is 0. The lowest BCUT2D eigenvalue weighted by molar-refractivity contribution is 0.619. The normalized spacial score (nSPS) is 14.5. The van der Waals surface area contributed by atoms with Gasteiger partial charge in [-0.3, -0.25) is 0 Å². The van der Waals surface area contributed by atoms with E-state index in [0.29, 0.717) is 0 Å². The average Bonchev–Trinajstić information content (AvgIpc) is 2.31. The summed E-state index contributed by atoms with van der Waals surface area (Å²) in [4.78, 5) is 0. The Bertz CT molecular complexity index is 353. The van der Waals surface area contributed by atoms with E-state index >= 15 is 0 Å². The van der Waals surface area contributed by atoms with E-state index in [0.717, 1.165) is 0 Å². The van der Waals surface area contributed by atoms with E-state index in [4.69, 9.17) is 0 Å². The van der Waals surface area contributed by atoms with E-state index in [2.05, 4.69) is 37.3 Å². The molecule has 1 aliphatic rings. The Kier molecular flexibility index (Phi) is 4.85. The maximum absolute atomic E-state index is 2.29. The molecule has 0 atom stereocenters. The van der Waals surface area contributed by atoms with Gasteiger partial charge in [0.15, 0.2) is 0 Å². The maximum Gasteiger partial charge on any atom is -0.0241 e. The van der Waals surface area contributed by atoms with Gasteiger partial charge < -0.3 is 0 Å². The van der Waals surface area contributed by atoms with E-state index in [-0.39, 0.29) is 0 Å². The average molecular weight is 228 g/mol. The smallest absolute Gasteiger partial charge is 0.0241 e. The Morgan fingerprint density at radius 3 is 2.41 bits per heavy atom. The SMILES string of the molecule is CCCCC(CCc1ccccc1)=C1CCC1. The highest BCUT2D eigenvalue weighted by molar-refractivity contribution is 5.22. The summed E-state index contributed by atoms with van der Waals surface area (Å²) in [6.45, 7) is 2.29. The van der Waals surface area contributed by atoms with E-state index in [1.807, 2.05) is 0 Å². The van der Waals surface area contributed by atoms with Crippen molar-refractivity contribution in [3.05, 3.63) is 47.0 Å². The van der Waals surface area contributed by atoms with Crippen molar-refractivity contribution in [2.75, 3.05) is 0 Å². The van der Waals surface area contributed by atoms with Gasteiger partial charge in [-0.05, 0) is 50.5 Å². The van der Waals surface area contributed by atoms with Crippen LogP contribution < -0.4 is 0 Å². The summed E-state index contributed by atoms with van der Waals surface area (Å²) in [5.41, 5.74) is 5.05. The van der Waals surface area contributed by atoms with Crippen molar-refractivity contribution in [1.82, 2.24) is 0 Å². The molecule has 2 rings (SSSR count). The van der Waals surface area contributed by atoms with Crippen molar-refractivity contribution in [2.24, 2.45) is 0 Å². The number of rotatable bonds is 6.